The number of oxime groups is 1. The van der Waals surface area contributed by atoms with Gasteiger partial charge >= 0.3 is 5.97 Å². The summed E-state index contributed by atoms with van der Waals surface area (Å²) in [5.74, 6) is -2.32. The average molecular weight is 443 g/mol. The predicted octanol–water partition coefficient (Wildman–Crippen LogP) is 4.14. The summed E-state index contributed by atoms with van der Waals surface area (Å²) in [4.78, 5) is 16.8. The van der Waals surface area contributed by atoms with Crippen LogP contribution in [0.3, 0.4) is 0 Å². The van der Waals surface area contributed by atoms with Crippen molar-refractivity contribution in [3.63, 3.8) is 0 Å². The minimum atomic E-state index is -2.85. The molecule has 0 aliphatic rings. The summed E-state index contributed by atoms with van der Waals surface area (Å²) in [5.41, 5.74) is 1.10. The number of hydrogen-bond acceptors (Lipinski definition) is 5. The van der Waals surface area contributed by atoms with Crippen LogP contribution in [0, 0.1) is 0 Å². The van der Waals surface area contributed by atoms with Gasteiger partial charge in [-0.1, -0.05) is 49.0 Å². The number of nitrogens with one attached hydrogen (secondary N) is 1. The lowest BCUT2D eigenvalue weighted by Gasteiger charge is -2.21. The van der Waals surface area contributed by atoms with Gasteiger partial charge in [-0.3, -0.25) is 4.79 Å². The summed E-state index contributed by atoms with van der Waals surface area (Å²) in [7, 11) is -1.79. The van der Waals surface area contributed by atoms with E-state index in [0.717, 1.165) is 16.9 Å². The van der Waals surface area contributed by atoms with Gasteiger partial charge in [-0.25, -0.2) is 17.7 Å². The Bertz CT molecular complexity index is 916. The fourth-order valence-corrected chi connectivity index (χ4v) is 4.55. The van der Waals surface area contributed by atoms with Gasteiger partial charge in [0, 0.05) is 5.92 Å². The van der Waals surface area contributed by atoms with E-state index < -0.39 is 41.1 Å². The van der Waals surface area contributed by atoms with Crippen molar-refractivity contribution in [2.24, 2.45) is 5.16 Å². The topological polar surface area (TPSA) is 88.0 Å². The van der Waals surface area contributed by atoms with E-state index in [0.29, 0.717) is 14.8 Å². The number of rotatable bonds is 10. The first-order chi connectivity index (χ1) is 13.7. The SMILES string of the molecule is C=C(O/N=C(\C)c1ccc(S(=O)NC(C(=O)O)C(C)c2ccccc2)s1)C(F)F. The number of carbonyl (C=O) groups is 1. The lowest BCUT2D eigenvalue weighted by Crippen LogP contribution is -2.41. The van der Waals surface area contributed by atoms with Crippen molar-refractivity contribution in [3.8, 4) is 0 Å². The second kappa shape index (κ2) is 10.4. The van der Waals surface area contributed by atoms with Crippen molar-refractivity contribution < 1.29 is 27.7 Å². The molecule has 29 heavy (non-hydrogen) atoms. The molecule has 2 rings (SSSR count). The normalized spacial score (nSPS) is 15.0. The summed E-state index contributed by atoms with van der Waals surface area (Å²) >= 11 is 1.09. The minimum absolute atomic E-state index is 0.299. The van der Waals surface area contributed by atoms with E-state index in [1.165, 1.54) is 0 Å². The molecule has 1 heterocycles. The molecule has 1 aromatic carbocycles. The Hall–Kier alpha value is -2.43. The van der Waals surface area contributed by atoms with Crippen LogP contribution in [0.15, 0.2) is 64.2 Å². The van der Waals surface area contributed by atoms with Gasteiger partial charge in [0.05, 0.1) is 10.6 Å². The number of aliphatic carboxylic acids is 1. The van der Waals surface area contributed by atoms with E-state index in [1.807, 2.05) is 18.2 Å². The molecule has 1 aromatic heterocycles. The number of allylic oxidation sites excluding steroid dienone is 1. The zero-order valence-electron chi connectivity index (χ0n) is 15.7. The highest BCUT2D eigenvalue weighted by Crippen LogP contribution is 2.24. The van der Waals surface area contributed by atoms with Gasteiger partial charge in [0.15, 0.2) is 5.76 Å². The highest BCUT2D eigenvalue weighted by Gasteiger charge is 2.28. The monoisotopic (exact) mass is 442 g/mol. The number of hydrogen-bond donors (Lipinski definition) is 2. The lowest BCUT2D eigenvalue weighted by molar-refractivity contribution is -0.139. The molecule has 0 amide bonds. The Morgan fingerprint density at radius 2 is 1.93 bits per heavy atom. The number of benzene rings is 1. The van der Waals surface area contributed by atoms with Crippen molar-refractivity contribution in [1.82, 2.24) is 4.72 Å². The second-order valence-corrected chi connectivity index (χ2v) is 8.61. The molecule has 156 valence electrons. The first kappa shape index (κ1) is 22.9. The maximum Gasteiger partial charge on any atom is 0.322 e. The Labute approximate surface area is 173 Å². The summed E-state index contributed by atoms with van der Waals surface area (Å²) in [5, 5.41) is 13.1. The van der Waals surface area contributed by atoms with Crippen LogP contribution in [-0.4, -0.2) is 33.5 Å². The maximum atomic E-state index is 12.6. The summed E-state index contributed by atoms with van der Waals surface area (Å²) in [6.07, 6.45) is -2.85. The average Bonchev–Trinajstić information content (AvgIpc) is 3.20. The molecule has 0 aliphatic heterocycles. The van der Waals surface area contributed by atoms with Crippen LogP contribution in [0.25, 0.3) is 0 Å². The standard InChI is InChI=1S/C19H20F2N2O4S2/c1-11(14-7-5-4-6-8-14)17(19(24)25)23-29(26)16-10-9-15(28-16)12(2)22-27-13(3)18(20)21/h4-11,17-18,23H,3H2,1-2H3,(H,24,25)/b22-12+. The van der Waals surface area contributed by atoms with Gasteiger partial charge in [-0.2, -0.15) is 0 Å². The summed E-state index contributed by atoms with van der Waals surface area (Å²) < 4.78 is 40.4. The molecule has 0 spiro atoms. The molecule has 10 heteroatoms. The third-order valence-electron chi connectivity index (χ3n) is 3.99. The number of alkyl halides is 2. The van der Waals surface area contributed by atoms with Crippen LogP contribution in [-0.2, 0) is 20.6 Å². The molecular weight excluding hydrogens is 422 g/mol. The smallest absolute Gasteiger partial charge is 0.322 e. The highest BCUT2D eigenvalue weighted by atomic mass is 32.2. The maximum absolute atomic E-state index is 12.6. The molecule has 0 aliphatic carbocycles. The molecule has 0 saturated heterocycles. The van der Waals surface area contributed by atoms with E-state index in [-0.39, 0.29) is 0 Å². The first-order valence-electron chi connectivity index (χ1n) is 8.45. The third-order valence-corrected chi connectivity index (χ3v) is 6.65. The van der Waals surface area contributed by atoms with Crippen LogP contribution < -0.4 is 4.72 Å². The van der Waals surface area contributed by atoms with Crippen molar-refractivity contribution in [1.29, 1.82) is 0 Å². The molecule has 0 fully saturated rings. The van der Waals surface area contributed by atoms with E-state index in [1.54, 1.807) is 38.1 Å². The molecule has 3 atom stereocenters. The van der Waals surface area contributed by atoms with E-state index >= 15 is 0 Å². The number of thiophene rings is 1. The van der Waals surface area contributed by atoms with Crippen molar-refractivity contribution in [3.05, 3.63) is 65.2 Å². The van der Waals surface area contributed by atoms with Gasteiger partial charge in [0.25, 0.3) is 6.43 Å². The minimum Gasteiger partial charge on any atom is -0.480 e. The van der Waals surface area contributed by atoms with Crippen LogP contribution in [0.5, 0.6) is 0 Å². The lowest BCUT2D eigenvalue weighted by atomic mass is 9.94. The zero-order chi connectivity index (χ0) is 21.6. The Morgan fingerprint density at radius 3 is 2.52 bits per heavy atom. The van der Waals surface area contributed by atoms with Crippen molar-refractivity contribution in [2.45, 2.75) is 36.4 Å². The highest BCUT2D eigenvalue weighted by molar-refractivity contribution is 7.85. The quantitative estimate of drug-likeness (QED) is 0.329. The van der Waals surface area contributed by atoms with E-state index in [2.05, 4.69) is 21.3 Å². The van der Waals surface area contributed by atoms with E-state index in [4.69, 9.17) is 0 Å². The van der Waals surface area contributed by atoms with Gasteiger partial charge < -0.3 is 9.94 Å². The Morgan fingerprint density at radius 1 is 1.28 bits per heavy atom. The molecule has 3 unspecified atom stereocenters. The van der Waals surface area contributed by atoms with Gasteiger partial charge in [0.2, 0.25) is 0 Å². The van der Waals surface area contributed by atoms with Gasteiger partial charge in [0.1, 0.15) is 21.2 Å². The third kappa shape index (κ3) is 6.28. The van der Waals surface area contributed by atoms with Crippen LogP contribution in [0.1, 0.15) is 30.2 Å². The largest absolute Gasteiger partial charge is 0.480 e. The fraction of sp³-hybridized carbons (Fsp3) is 0.263. The molecule has 2 aromatic rings. The van der Waals surface area contributed by atoms with Crippen LogP contribution in [0.2, 0.25) is 0 Å². The van der Waals surface area contributed by atoms with Crippen molar-refractivity contribution in [2.75, 3.05) is 0 Å². The summed E-state index contributed by atoms with van der Waals surface area (Å²) in [6.45, 7) is 6.34. The molecule has 0 saturated carbocycles. The molecular formula is C19H20F2N2O4S2. The van der Waals surface area contributed by atoms with Crippen LogP contribution in [0.4, 0.5) is 8.78 Å². The molecule has 0 radical (unpaired) electrons. The molecule has 0 bridgehead atoms. The number of carboxylic acids is 1. The molecule has 2 N–H and O–H groups in total. The predicted molar refractivity (Wildman–Crippen MR) is 109 cm³/mol. The Kier molecular flexibility index (Phi) is 8.18. The number of carboxylic acid groups (broad SMARTS) is 1. The Balaban J connectivity index is 2.11. The first-order valence-corrected chi connectivity index (χ1v) is 10.4. The fourth-order valence-electron chi connectivity index (χ4n) is 2.31. The van der Waals surface area contributed by atoms with Crippen LogP contribution >= 0.6 is 11.3 Å². The molecule has 6 nitrogen and oxygen atoms in total. The number of nitrogens with zero attached hydrogens (tertiary/aromatic N) is 1. The second-order valence-electron chi connectivity index (χ2n) is 6.06. The number of halogens is 2. The zero-order valence-corrected chi connectivity index (χ0v) is 17.3. The van der Waals surface area contributed by atoms with Gasteiger partial charge in [-0.05, 0) is 24.6 Å². The summed E-state index contributed by atoms with van der Waals surface area (Å²) in [6, 6.07) is 11.1. The van der Waals surface area contributed by atoms with E-state index in [9.17, 15) is 22.9 Å². The van der Waals surface area contributed by atoms with Crippen molar-refractivity contribution >= 4 is 34.0 Å². The van der Waals surface area contributed by atoms with Gasteiger partial charge in [-0.15, -0.1) is 11.3 Å².